The second-order valence-electron chi connectivity index (χ2n) is 5.87. The van der Waals surface area contributed by atoms with Gasteiger partial charge in [0.15, 0.2) is 0 Å². The minimum Gasteiger partial charge on any atom is -0.497 e. The molecular formula is C18H21N5O2S. The van der Waals surface area contributed by atoms with E-state index in [0.29, 0.717) is 17.5 Å². The molecule has 2 aromatic heterocycles. The van der Waals surface area contributed by atoms with E-state index in [9.17, 15) is 4.79 Å². The van der Waals surface area contributed by atoms with Crippen LogP contribution in [0, 0.1) is 13.8 Å². The highest BCUT2D eigenvalue weighted by Gasteiger charge is 2.15. The Hall–Kier alpha value is -2.61. The maximum absolute atomic E-state index is 12.4. The number of nitrogens with zero attached hydrogens (tertiary/aromatic N) is 4. The zero-order valence-electron chi connectivity index (χ0n) is 15.2. The molecule has 0 fully saturated rings. The van der Waals surface area contributed by atoms with Gasteiger partial charge in [-0.3, -0.25) is 4.79 Å². The first-order valence-corrected chi connectivity index (χ1v) is 9.40. The van der Waals surface area contributed by atoms with Gasteiger partial charge in [0.1, 0.15) is 5.75 Å². The van der Waals surface area contributed by atoms with Gasteiger partial charge >= 0.3 is 0 Å². The molecule has 0 aliphatic carbocycles. The zero-order valence-corrected chi connectivity index (χ0v) is 16.1. The van der Waals surface area contributed by atoms with Crippen LogP contribution < -0.4 is 10.1 Å². The Morgan fingerprint density at radius 3 is 2.62 bits per heavy atom. The third-order valence-electron chi connectivity index (χ3n) is 4.20. The molecule has 0 aliphatic heterocycles. The molecular weight excluding hydrogens is 350 g/mol. The van der Waals surface area contributed by atoms with E-state index in [0.717, 1.165) is 28.3 Å². The lowest BCUT2D eigenvalue weighted by molar-refractivity contribution is -0.120. The molecule has 0 radical (unpaired) electrons. The first kappa shape index (κ1) is 18.2. The molecule has 0 unspecified atom stereocenters. The van der Waals surface area contributed by atoms with Gasteiger partial charge in [-0.2, -0.15) is 4.98 Å². The molecule has 2 heterocycles. The van der Waals surface area contributed by atoms with Crippen molar-refractivity contribution in [1.82, 2.24) is 24.9 Å². The number of rotatable bonds is 6. The highest BCUT2D eigenvalue weighted by atomic mass is 32.2. The van der Waals surface area contributed by atoms with Crippen LogP contribution in [0.3, 0.4) is 0 Å². The summed E-state index contributed by atoms with van der Waals surface area (Å²) < 4.78 is 6.84. The number of fused-ring (bicyclic) bond motifs is 1. The Morgan fingerprint density at radius 2 is 1.96 bits per heavy atom. The first-order chi connectivity index (χ1) is 12.5. The monoisotopic (exact) mass is 371 g/mol. The fraction of sp³-hybridized carbons (Fsp3) is 0.333. The average Bonchev–Trinajstić information content (AvgIpc) is 3.07. The lowest BCUT2D eigenvalue weighted by Crippen LogP contribution is -2.25. The van der Waals surface area contributed by atoms with E-state index in [2.05, 4.69) is 20.4 Å². The topological polar surface area (TPSA) is 81.4 Å². The average molecular weight is 371 g/mol. The number of thioether (sulfide) groups is 1. The van der Waals surface area contributed by atoms with Crippen molar-refractivity contribution >= 4 is 23.4 Å². The summed E-state index contributed by atoms with van der Waals surface area (Å²) in [6.45, 7) is 4.30. The highest BCUT2D eigenvalue weighted by molar-refractivity contribution is 7.98. The molecule has 0 aliphatic rings. The van der Waals surface area contributed by atoms with Crippen molar-refractivity contribution in [2.45, 2.75) is 32.0 Å². The van der Waals surface area contributed by atoms with E-state index in [-0.39, 0.29) is 12.3 Å². The minimum atomic E-state index is -0.0571. The van der Waals surface area contributed by atoms with Crippen LogP contribution >= 0.6 is 11.8 Å². The molecule has 0 saturated heterocycles. The van der Waals surface area contributed by atoms with E-state index in [1.165, 1.54) is 11.8 Å². The van der Waals surface area contributed by atoms with E-state index >= 15 is 0 Å². The fourth-order valence-electron chi connectivity index (χ4n) is 2.70. The Kier molecular flexibility index (Phi) is 5.41. The molecule has 0 saturated carbocycles. The molecule has 1 N–H and O–H groups in total. The molecule has 3 aromatic rings. The number of ether oxygens (including phenoxy) is 1. The third-order valence-corrected chi connectivity index (χ3v) is 4.74. The first-order valence-electron chi connectivity index (χ1n) is 8.18. The molecule has 136 valence electrons. The van der Waals surface area contributed by atoms with Crippen LogP contribution in [-0.2, 0) is 17.8 Å². The predicted octanol–water partition coefficient (Wildman–Crippen LogP) is 2.33. The highest BCUT2D eigenvalue weighted by Crippen LogP contribution is 2.17. The number of hydrogen-bond acceptors (Lipinski definition) is 6. The molecule has 0 spiro atoms. The number of aromatic nitrogens is 4. The number of carbonyl (C=O) groups is 1. The Labute approximate surface area is 156 Å². The zero-order chi connectivity index (χ0) is 18.7. The number of nitrogens with one attached hydrogen (secondary N) is 1. The van der Waals surface area contributed by atoms with E-state index < -0.39 is 0 Å². The van der Waals surface area contributed by atoms with Gasteiger partial charge in [0.05, 0.1) is 13.5 Å². The molecule has 1 amide bonds. The maximum atomic E-state index is 12.4. The van der Waals surface area contributed by atoms with Crippen LogP contribution in [0.5, 0.6) is 5.75 Å². The molecule has 8 heteroatoms. The second-order valence-corrected chi connectivity index (χ2v) is 6.65. The largest absolute Gasteiger partial charge is 0.497 e. The predicted molar refractivity (Wildman–Crippen MR) is 101 cm³/mol. The summed E-state index contributed by atoms with van der Waals surface area (Å²) in [4.78, 5) is 21.2. The normalized spacial score (nSPS) is 10.9. The molecule has 0 bridgehead atoms. The molecule has 26 heavy (non-hydrogen) atoms. The van der Waals surface area contributed by atoms with Crippen LogP contribution in [0.15, 0.2) is 29.4 Å². The number of benzene rings is 1. The third kappa shape index (κ3) is 3.80. The van der Waals surface area contributed by atoms with Gasteiger partial charge in [0.25, 0.3) is 5.78 Å². The smallest absolute Gasteiger partial charge is 0.253 e. The SMILES string of the molecule is COc1ccc(CNC(=O)Cc2c(C)nc3nc(SC)nn3c2C)cc1. The Balaban J connectivity index is 1.72. The number of aryl methyl sites for hydroxylation is 2. The standard InChI is InChI=1S/C18H21N5O2S/c1-11-15(12(2)23-17(20-11)21-18(22-23)26-4)9-16(24)19-10-13-5-7-14(25-3)8-6-13/h5-8H,9-10H2,1-4H3,(H,19,24). The van der Waals surface area contributed by atoms with E-state index in [1.807, 2.05) is 44.4 Å². The van der Waals surface area contributed by atoms with Crippen LogP contribution in [0.25, 0.3) is 5.78 Å². The van der Waals surface area contributed by atoms with Gasteiger partial charge in [0.2, 0.25) is 11.1 Å². The van der Waals surface area contributed by atoms with Gasteiger partial charge in [-0.15, -0.1) is 5.10 Å². The summed E-state index contributed by atoms with van der Waals surface area (Å²) in [5.74, 6) is 1.30. The Morgan fingerprint density at radius 1 is 1.23 bits per heavy atom. The van der Waals surface area contributed by atoms with Crippen LogP contribution in [0.4, 0.5) is 0 Å². The number of methoxy groups -OCH3 is 1. The Bertz CT molecular complexity index is 937. The van der Waals surface area contributed by atoms with Gasteiger partial charge in [-0.25, -0.2) is 9.50 Å². The summed E-state index contributed by atoms with van der Waals surface area (Å²) in [7, 11) is 1.63. The fourth-order valence-corrected chi connectivity index (χ4v) is 3.04. The maximum Gasteiger partial charge on any atom is 0.253 e. The summed E-state index contributed by atoms with van der Waals surface area (Å²) >= 11 is 1.47. The van der Waals surface area contributed by atoms with Crippen molar-refractivity contribution in [2.75, 3.05) is 13.4 Å². The van der Waals surface area contributed by atoms with Gasteiger partial charge < -0.3 is 10.1 Å². The molecule has 1 aromatic carbocycles. The number of carbonyl (C=O) groups excluding carboxylic acids is 1. The van der Waals surface area contributed by atoms with Crippen LogP contribution in [0.1, 0.15) is 22.5 Å². The molecule has 3 rings (SSSR count). The van der Waals surface area contributed by atoms with Crippen molar-refractivity contribution < 1.29 is 9.53 Å². The van der Waals surface area contributed by atoms with Gasteiger partial charge in [-0.1, -0.05) is 23.9 Å². The van der Waals surface area contributed by atoms with Crippen molar-refractivity contribution in [1.29, 1.82) is 0 Å². The van der Waals surface area contributed by atoms with E-state index in [1.54, 1.807) is 11.6 Å². The van der Waals surface area contributed by atoms with Crippen molar-refractivity contribution in [3.8, 4) is 5.75 Å². The van der Waals surface area contributed by atoms with E-state index in [4.69, 9.17) is 4.74 Å². The molecule has 7 nitrogen and oxygen atoms in total. The summed E-state index contributed by atoms with van der Waals surface area (Å²) in [6.07, 6.45) is 2.18. The van der Waals surface area contributed by atoms with Crippen LogP contribution in [-0.4, -0.2) is 38.9 Å². The van der Waals surface area contributed by atoms with Gasteiger partial charge in [0, 0.05) is 23.5 Å². The van der Waals surface area contributed by atoms with Crippen LogP contribution in [0.2, 0.25) is 0 Å². The summed E-state index contributed by atoms with van der Waals surface area (Å²) in [5, 5.41) is 8.03. The number of amides is 1. The minimum absolute atomic E-state index is 0.0571. The lowest BCUT2D eigenvalue weighted by atomic mass is 10.1. The summed E-state index contributed by atoms with van der Waals surface area (Å²) in [6, 6.07) is 7.62. The van der Waals surface area contributed by atoms with Crippen molar-refractivity contribution in [3.63, 3.8) is 0 Å². The quantitative estimate of drug-likeness (QED) is 0.670. The second kappa shape index (κ2) is 7.74. The van der Waals surface area contributed by atoms with Crippen molar-refractivity contribution in [3.05, 3.63) is 46.8 Å². The van der Waals surface area contributed by atoms with Crippen molar-refractivity contribution in [2.24, 2.45) is 0 Å². The lowest BCUT2D eigenvalue weighted by Gasteiger charge is -2.11. The number of hydrogen-bond donors (Lipinski definition) is 1. The summed E-state index contributed by atoms with van der Waals surface area (Å²) in [5.41, 5.74) is 3.58. The molecule has 0 atom stereocenters. The van der Waals surface area contributed by atoms with Gasteiger partial charge in [-0.05, 0) is 37.8 Å².